The van der Waals surface area contributed by atoms with E-state index in [0.29, 0.717) is 0 Å². The fourth-order valence-electron chi connectivity index (χ4n) is 2.04. The molecule has 0 aliphatic carbocycles. The van der Waals surface area contributed by atoms with Crippen LogP contribution in [0.1, 0.15) is 97.3 Å². The SMILES string of the molecule is CCC#CCCC#CCCCCCCCCCCC. The largest absolute Gasteiger partial charge is 0.104 e. The first-order valence-electron chi connectivity index (χ1n) is 8.33. The third-order valence-corrected chi connectivity index (χ3v) is 3.21. The van der Waals surface area contributed by atoms with Crippen LogP contribution in [0.3, 0.4) is 0 Å². The quantitative estimate of drug-likeness (QED) is 0.328. The molecule has 0 aromatic carbocycles. The van der Waals surface area contributed by atoms with Gasteiger partial charge in [0.15, 0.2) is 0 Å². The van der Waals surface area contributed by atoms with Gasteiger partial charge in [0.25, 0.3) is 0 Å². The van der Waals surface area contributed by atoms with Crippen molar-refractivity contribution >= 4 is 0 Å². The summed E-state index contributed by atoms with van der Waals surface area (Å²) in [6.07, 6.45) is 16.5. The highest BCUT2D eigenvalue weighted by molar-refractivity contribution is 5.04. The fraction of sp³-hybridized carbons (Fsp3) is 0.789. The lowest BCUT2D eigenvalue weighted by Crippen LogP contribution is -1.80. The third-order valence-electron chi connectivity index (χ3n) is 3.21. The molecule has 0 amide bonds. The molecule has 0 aromatic heterocycles. The second-order valence-electron chi connectivity index (χ2n) is 5.14. The van der Waals surface area contributed by atoms with Crippen LogP contribution < -0.4 is 0 Å². The summed E-state index contributed by atoms with van der Waals surface area (Å²) in [5.41, 5.74) is 0. The molecule has 0 heterocycles. The van der Waals surface area contributed by atoms with E-state index in [1.165, 1.54) is 57.8 Å². The summed E-state index contributed by atoms with van der Waals surface area (Å²) in [4.78, 5) is 0. The summed E-state index contributed by atoms with van der Waals surface area (Å²) in [7, 11) is 0. The van der Waals surface area contributed by atoms with Gasteiger partial charge in [0, 0.05) is 25.7 Å². The molecule has 0 nitrogen and oxygen atoms in total. The Hall–Kier alpha value is -0.880. The maximum atomic E-state index is 3.26. The van der Waals surface area contributed by atoms with Crippen molar-refractivity contribution in [2.75, 3.05) is 0 Å². The van der Waals surface area contributed by atoms with Gasteiger partial charge in [0.1, 0.15) is 0 Å². The maximum absolute atomic E-state index is 3.26. The van der Waals surface area contributed by atoms with Crippen molar-refractivity contribution in [3.8, 4) is 23.7 Å². The van der Waals surface area contributed by atoms with E-state index in [1.54, 1.807) is 0 Å². The van der Waals surface area contributed by atoms with Gasteiger partial charge in [0.2, 0.25) is 0 Å². The molecular weight excluding hydrogens is 228 g/mol. The Bertz CT molecular complexity index is 279. The van der Waals surface area contributed by atoms with Gasteiger partial charge in [-0.3, -0.25) is 0 Å². The molecule has 0 N–H and O–H groups in total. The molecule has 0 bridgehead atoms. The number of hydrogen-bond donors (Lipinski definition) is 0. The van der Waals surface area contributed by atoms with Gasteiger partial charge < -0.3 is 0 Å². The van der Waals surface area contributed by atoms with E-state index < -0.39 is 0 Å². The third kappa shape index (κ3) is 17.1. The minimum atomic E-state index is 0.943. The van der Waals surface area contributed by atoms with Crippen LogP contribution in [-0.4, -0.2) is 0 Å². The normalized spacial score (nSPS) is 9.37. The molecule has 19 heavy (non-hydrogen) atoms. The van der Waals surface area contributed by atoms with Crippen LogP contribution in [0, 0.1) is 23.7 Å². The minimum absolute atomic E-state index is 0.943. The first-order chi connectivity index (χ1) is 9.41. The van der Waals surface area contributed by atoms with E-state index in [-0.39, 0.29) is 0 Å². The molecule has 0 spiro atoms. The molecule has 0 unspecified atom stereocenters. The fourth-order valence-corrected chi connectivity index (χ4v) is 2.04. The smallest absolute Gasteiger partial charge is 0.0198 e. The van der Waals surface area contributed by atoms with Crippen molar-refractivity contribution in [3.63, 3.8) is 0 Å². The van der Waals surface area contributed by atoms with Gasteiger partial charge in [-0.2, -0.15) is 0 Å². The van der Waals surface area contributed by atoms with Gasteiger partial charge in [-0.05, 0) is 6.42 Å². The summed E-state index contributed by atoms with van der Waals surface area (Å²) >= 11 is 0. The van der Waals surface area contributed by atoms with E-state index in [2.05, 4.69) is 37.5 Å². The van der Waals surface area contributed by atoms with Crippen molar-refractivity contribution in [1.82, 2.24) is 0 Å². The molecule has 108 valence electrons. The Morgan fingerprint density at radius 2 is 0.947 bits per heavy atom. The standard InChI is InChI=1S/C19H32/c1-3-5-7-9-11-13-15-17-19-18-16-14-12-10-8-6-4-2/h3-5,7,9-13,15,17-19H2,1-2H3. The van der Waals surface area contributed by atoms with Crippen molar-refractivity contribution in [2.45, 2.75) is 97.3 Å². The molecular formula is C19H32. The summed E-state index contributed by atoms with van der Waals surface area (Å²) in [5.74, 6) is 12.7. The van der Waals surface area contributed by atoms with Crippen LogP contribution in [0.4, 0.5) is 0 Å². The molecule has 0 atom stereocenters. The van der Waals surface area contributed by atoms with Gasteiger partial charge in [0.05, 0.1) is 0 Å². The van der Waals surface area contributed by atoms with Crippen LogP contribution >= 0.6 is 0 Å². The van der Waals surface area contributed by atoms with E-state index in [4.69, 9.17) is 0 Å². The Morgan fingerprint density at radius 3 is 1.53 bits per heavy atom. The average molecular weight is 260 g/mol. The van der Waals surface area contributed by atoms with E-state index >= 15 is 0 Å². The summed E-state index contributed by atoms with van der Waals surface area (Å²) in [6, 6.07) is 0. The predicted molar refractivity (Wildman–Crippen MR) is 86.9 cm³/mol. The molecule has 0 fully saturated rings. The molecule has 0 rings (SSSR count). The van der Waals surface area contributed by atoms with Gasteiger partial charge >= 0.3 is 0 Å². The van der Waals surface area contributed by atoms with Crippen molar-refractivity contribution in [2.24, 2.45) is 0 Å². The molecule has 0 saturated carbocycles. The van der Waals surface area contributed by atoms with Crippen LogP contribution in [0.15, 0.2) is 0 Å². The lowest BCUT2D eigenvalue weighted by molar-refractivity contribution is 0.567. The molecule has 0 aromatic rings. The highest BCUT2D eigenvalue weighted by atomic mass is 14.0. The van der Waals surface area contributed by atoms with Gasteiger partial charge in [-0.15, -0.1) is 23.7 Å². The Morgan fingerprint density at radius 1 is 0.474 bits per heavy atom. The zero-order valence-corrected chi connectivity index (χ0v) is 13.2. The number of unbranched alkanes of at least 4 members (excludes halogenated alkanes) is 10. The topological polar surface area (TPSA) is 0 Å². The van der Waals surface area contributed by atoms with Gasteiger partial charge in [-0.1, -0.05) is 65.2 Å². The van der Waals surface area contributed by atoms with Crippen LogP contribution in [0.5, 0.6) is 0 Å². The second kappa shape index (κ2) is 17.1. The maximum Gasteiger partial charge on any atom is 0.0198 e. The Balaban J connectivity index is 3.12. The lowest BCUT2D eigenvalue weighted by Gasteiger charge is -2.00. The monoisotopic (exact) mass is 260 g/mol. The van der Waals surface area contributed by atoms with Gasteiger partial charge in [-0.25, -0.2) is 0 Å². The summed E-state index contributed by atoms with van der Waals surface area (Å²) in [5, 5.41) is 0. The number of rotatable bonds is 10. The number of hydrogen-bond acceptors (Lipinski definition) is 0. The zero-order chi connectivity index (χ0) is 14.0. The molecule has 0 saturated heterocycles. The van der Waals surface area contributed by atoms with E-state index in [1.807, 2.05) is 0 Å². The van der Waals surface area contributed by atoms with Crippen LogP contribution in [0.2, 0.25) is 0 Å². The Kier molecular flexibility index (Phi) is 16.3. The second-order valence-corrected chi connectivity index (χ2v) is 5.14. The zero-order valence-electron chi connectivity index (χ0n) is 13.2. The average Bonchev–Trinajstić information content (AvgIpc) is 2.43. The minimum Gasteiger partial charge on any atom is -0.104 e. The predicted octanol–water partition coefficient (Wildman–Crippen LogP) is 6.10. The highest BCUT2D eigenvalue weighted by Gasteiger charge is 1.90. The Labute approximate surface area is 121 Å². The van der Waals surface area contributed by atoms with Crippen molar-refractivity contribution < 1.29 is 0 Å². The lowest BCUT2D eigenvalue weighted by atomic mass is 10.1. The summed E-state index contributed by atoms with van der Waals surface area (Å²) < 4.78 is 0. The summed E-state index contributed by atoms with van der Waals surface area (Å²) in [6.45, 7) is 4.36. The molecule has 0 aliphatic rings. The van der Waals surface area contributed by atoms with Crippen LogP contribution in [-0.2, 0) is 0 Å². The van der Waals surface area contributed by atoms with E-state index in [9.17, 15) is 0 Å². The van der Waals surface area contributed by atoms with Crippen molar-refractivity contribution in [3.05, 3.63) is 0 Å². The van der Waals surface area contributed by atoms with Crippen LogP contribution in [0.25, 0.3) is 0 Å². The van der Waals surface area contributed by atoms with Crippen molar-refractivity contribution in [1.29, 1.82) is 0 Å². The molecule has 0 radical (unpaired) electrons. The molecule has 0 aliphatic heterocycles. The van der Waals surface area contributed by atoms with E-state index in [0.717, 1.165) is 25.7 Å². The highest BCUT2D eigenvalue weighted by Crippen LogP contribution is 2.10. The molecule has 0 heteroatoms. The first kappa shape index (κ1) is 18.1. The first-order valence-corrected chi connectivity index (χ1v) is 8.33.